The number of ether oxygens (including phenoxy) is 2. The number of epoxide rings is 1. The molecule has 0 spiro atoms. The number of esters is 1. The quantitative estimate of drug-likeness (QED) is 0.489. The van der Waals surface area contributed by atoms with Crippen LogP contribution in [0.5, 0.6) is 0 Å². The van der Waals surface area contributed by atoms with Crippen LogP contribution in [0.15, 0.2) is 30.3 Å². The summed E-state index contributed by atoms with van der Waals surface area (Å²) in [6.07, 6.45) is 4.88. The highest BCUT2D eigenvalue weighted by Crippen LogP contribution is 2.72. The van der Waals surface area contributed by atoms with Gasteiger partial charge in [-0.25, -0.2) is 0 Å². The van der Waals surface area contributed by atoms with Gasteiger partial charge in [-0.1, -0.05) is 30.3 Å². The first-order chi connectivity index (χ1) is 11.3. The molecule has 1 heterocycles. The summed E-state index contributed by atoms with van der Waals surface area (Å²) < 4.78 is 11.5. The molecule has 4 bridgehead atoms. The van der Waals surface area contributed by atoms with Gasteiger partial charge in [0.05, 0.1) is 18.1 Å². The summed E-state index contributed by atoms with van der Waals surface area (Å²) in [4.78, 5) is 12.6. The van der Waals surface area contributed by atoms with Gasteiger partial charge in [0.15, 0.2) is 0 Å². The molecular formula is C20H22O3. The Bertz CT molecular complexity index is 656. The van der Waals surface area contributed by atoms with E-state index in [2.05, 4.69) is 0 Å². The van der Waals surface area contributed by atoms with Crippen molar-refractivity contribution in [1.82, 2.24) is 0 Å². The van der Waals surface area contributed by atoms with Gasteiger partial charge >= 0.3 is 5.97 Å². The van der Waals surface area contributed by atoms with Gasteiger partial charge in [-0.05, 0) is 60.3 Å². The van der Waals surface area contributed by atoms with E-state index in [-0.39, 0.29) is 11.9 Å². The number of hydrogen-bond donors (Lipinski definition) is 0. The Labute approximate surface area is 136 Å². The van der Waals surface area contributed by atoms with Gasteiger partial charge in [-0.3, -0.25) is 4.79 Å². The average molecular weight is 310 g/mol. The Hall–Kier alpha value is -1.35. The van der Waals surface area contributed by atoms with Crippen LogP contribution in [0, 0.1) is 41.4 Å². The zero-order valence-corrected chi connectivity index (χ0v) is 13.1. The van der Waals surface area contributed by atoms with Crippen LogP contribution < -0.4 is 0 Å². The molecule has 9 atom stereocenters. The van der Waals surface area contributed by atoms with Crippen LogP contribution in [-0.2, 0) is 20.9 Å². The summed E-state index contributed by atoms with van der Waals surface area (Å²) in [7, 11) is 0. The first-order valence-electron chi connectivity index (χ1n) is 9.17. The van der Waals surface area contributed by atoms with Crippen molar-refractivity contribution in [1.29, 1.82) is 0 Å². The monoisotopic (exact) mass is 310 g/mol. The molecule has 4 saturated carbocycles. The highest BCUT2D eigenvalue weighted by Gasteiger charge is 2.73. The molecule has 1 aromatic carbocycles. The van der Waals surface area contributed by atoms with Crippen molar-refractivity contribution >= 4 is 5.97 Å². The SMILES string of the molecule is O=C(OCc1ccccc1)C1CC2CC1C1C3CC(C4OC34)C21. The molecule has 120 valence electrons. The standard InChI is InChI=1S/C20H22O3/c21-20(22-9-10-4-2-1-3-5-10)13-7-11-6-12(13)17-15-8-14(16(11)17)18-19(15)23-18/h1-5,11-19H,6-9H2. The molecule has 3 heteroatoms. The number of carbonyl (C=O) groups is 1. The largest absolute Gasteiger partial charge is 0.461 e. The maximum atomic E-state index is 12.6. The highest BCUT2D eigenvalue weighted by molar-refractivity contribution is 5.73. The van der Waals surface area contributed by atoms with E-state index < -0.39 is 0 Å². The smallest absolute Gasteiger partial charge is 0.309 e. The molecule has 5 fully saturated rings. The Morgan fingerprint density at radius 3 is 2.61 bits per heavy atom. The number of benzene rings is 1. The lowest BCUT2D eigenvalue weighted by Gasteiger charge is -2.36. The predicted octanol–water partition coefficient (Wildman–Crippen LogP) is 3.04. The van der Waals surface area contributed by atoms with Crippen LogP contribution in [0.3, 0.4) is 0 Å². The Balaban J connectivity index is 1.17. The van der Waals surface area contributed by atoms with Crippen molar-refractivity contribution in [2.24, 2.45) is 41.4 Å². The first-order valence-corrected chi connectivity index (χ1v) is 9.17. The van der Waals surface area contributed by atoms with Crippen LogP contribution >= 0.6 is 0 Å². The zero-order chi connectivity index (χ0) is 15.1. The van der Waals surface area contributed by atoms with E-state index in [1.807, 2.05) is 30.3 Å². The van der Waals surface area contributed by atoms with E-state index in [0.29, 0.717) is 24.7 Å². The lowest BCUT2D eigenvalue weighted by molar-refractivity contribution is -0.153. The third kappa shape index (κ3) is 1.67. The Kier molecular flexibility index (Phi) is 2.48. The third-order valence-corrected chi connectivity index (χ3v) is 7.60. The van der Waals surface area contributed by atoms with E-state index in [0.717, 1.165) is 41.6 Å². The molecule has 23 heavy (non-hydrogen) atoms. The van der Waals surface area contributed by atoms with Gasteiger partial charge in [-0.15, -0.1) is 0 Å². The summed E-state index contributed by atoms with van der Waals surface area (Å²) in [6.45, 7) is 0.418. The van der Waals surface area contributed by atoms with Crippen LogP contribution in [0.2, 0.25) is 0 Å². The molecule has 0 radical (unpaired) electrons. The number of fused-ring (bicyclic) bond motifs is 12. The maximum Gasteiger partial charge on any atom is 0.309 e. The molecule has 9 unspecified atom stereocenters. The van der Waals surface area contributed by atoms with Crippen molar-refractivity contribution in [3.63, 3.8) is 0 Å². The van der Waals surface area contributed by atoms with Crippen molar-refractivity contribution in [3.05, 3.63) is 35.9 Å². The van der Waals surface area contributed by atoms with E-state index in [1.54, 1.807) is 0 Å². The Morgan fingerprint density at radius 1 is 1.00 bits per heavy atom. The molecule has 5 aliphatic rings. The number of hydrogen-bond acceptors (Lipinski definition) is 3. The van der Waals surface area contributed by atoms with Crippen molar-refractivity contribution in [2.75, 3.05) is 0 Å². The van der Waals surface area contributed by atoms with Crippen LogP contribution in [-0.4, -0.2) is 18.2 Å². The van der Waals surface area contributed by atoms with E-state index in [9.17, 15) is 4.79 Å². The average Bonchev–Trinajstić information content (AvgIpc) is 2.95. The second-order valence-electron chi connectivity index (χ2n) is 8.38. The summed E-state index contributed by atoms with van der Waals surface area (Å²) >= 11 is 0. The topological polar surface area (TPSA) is 38.8 Å². The van der Waals surface area contributed by atoms with Gasteiger partial charge in [0, 0.05) is 0 Å². The molecule has 0 N–H and O–H groups in total. The van der Waals surface area contributed by atoms with E-state index in [1.165, 1.54) is 12.8 Å². The lowest BCUT2D eigenvalue weighted by atomic mass is 9.67. The van der Waals surface area contributed by atoms with Gasteiger partial charge in [-0.2, -0.15) is 0 Å². The molecule has 4 aliphatic carbocycles. The minimum absolute atomic E-state index is 0.0517. The van der Waals surface area contributed by atoms with Crippen molar-refractivity contribution in [2.45, 2.75) is 38.1 Å². The highest BCUT2D eigenvalue weighted by atomic mass is 16.6. The normalized spacial score (nSPS) is 50.7. The first kappa shape index (κ1) is 13.0. The van der Waals surface area contributed by atoms with Crippen LogP contribution in [0.25, 0.3) is 0 Å². The van der Waals surface area contributed by atoms with Crippen molar-refractivity contribution in [3.8, 4) is 0 Å². The summed E-state index contributed by atoms with van der Waals surface area (Å²) in [5, 5.41) is 0. The zero-order valence-electron chi connectivity index (χ0n) is 13.1. The van der Waals surface area contributed by atoms with Gasteiger partial charge < -0.3 is 9.47 Å². The fraction of sp³-hybridized carbons (Fsp3) is 0.650. The van der Waals surface area contributed by atoms with Crippen molar-refractivity contribution < 1.29 is 14.3 Å². The Morgan fingerprint density at radius 2 is 1.78 bits per heavy atom. The molecule has 1 saturated heterocycles. The fourth-order valence-electron chi connectivity index (χ4n) is 6.96. The molecule has 0 aromatic heterocycles. The fourth-order valence-corrected chi connectivity index (χ4v) is 6.96. The van der Waals surface area contributed by atoms with Crippen LogP contribution in [0.4, 0.5) is 0 Å². The molecule has 6 rings (SSSR count). The van der Waals surface area contributed by atoms with Crippen LogP contribution in [0.1, 0.15) is 24.8 Å². The minimum Gasteiger partial charge on any atom is -0.461 e. The third-order valence-electron chi connectivity index (χ3n) is 7.60. The summed E-state index contributed by atoms with van der Waals surface area (Å²) in [6, 6.07) is 10.0. The van der Waals surface area contributed by atoms with E-state index in [4.69, 9.17) is 9.47 Å². The van der Waals surface area contributed by atoms with Gasteiger partial charge in [0.25, 0.3) is 0 Å². The maximum absolute atomic E-state index is 12.6. The minimum atomic E-state index is 0.0517. The predicted molar refractivity (Wildman–Crippen MR) is 83.2 cm³/mol. The second-order valence-corrected chi connectivity index (χ2v) is 8.38. The summed E-state index contributed by atoms with van der Waals surface area (Å²) in [5.74, 6) is 4.76. The lowest BCUT2D eigenvalue weighted by Crippen LogP contribution is -2.38. The van der Waals surface area contributed by atoms with Gasteiger partial charge in [0.1, 0.15) is 6.61 Å². The summed E-state index contributed by atoms with van der Waals surface area (Å²) in [5.41, 5.74) is 1.08. The molecule has 0 amide bonds. The second kappa shape index (κ2) is 4.38. The molecular weight excluding hydrogens is 288 g/mol. The molecule has 3 nitrogen and oxygen atoms in total. The van der Waals surface area contributed by atoms with E-state index >= 15 is 0 Å². The number of rotatable bonds is 3. The molecule has 1 aromatic rings. The molecule has 1 aliphatic heterocycles. The van der Waals surface area contributed by atoms with Gasteiger partial charge in [0.2, 0.25) is 0 Å². The number of carbonyl (C=O) groups excluding carboxylic acids is 1.